The minimum absolute atomic E-state index is 0.0122. The van der Waals surface area contributed by atoms with Crippen molar-refractivity contribution < 1.29 is 30.2 Å². The first-order chi connectivity index (χ1) is 36.9. The van der Waals surface area contributed by atoms with Crippen molar-refractivity contribution in [3.05, 3.63) is 200 Å². The molecule has 56 heavy (non-hydrogen) atoms. The zero-order valence-corrected chi connectivity index (χ0v) is 28.6. The van der Waals surface area contributed by atoms with E-state index in [1.54, 1.807) is 53.1 Å². The second-order valence-electron chi connectivity index (χ2n) is 12.4. The number of para-hydroxylation sites is 2. The Labute approximate surface area is 354 Å². The molecular formula is C51H33N5. The maximum Gasteiger partial charge on any atom is 0.238 e. The van der Waals surface area contributed by atoms with Crippen LogP contribution in [0, 0.1) is 0 Å². The van der Waals surface area contributed by atoms with Gasteiger partial charge in [-0.05, 0) is 64.7 Å². The van der Waals surface area contributed by atoms with E-state index in [0.29, 0.717) is 43.6 Å². The van der Waals surface area contributed by atoms with Crippen molar-refractivity contribution in [2.45, 2.75) is 0 Å². The number of nitrogens with zero attached hydrogens (tertiary/aromatic N) is 5. The van der Waals surface area contributed by atoms with Crippen molar-refractivity contribution >= 4 is 43.6 Å². The SMILES string of the molecule is [2H]c1cc(-n2c3ccccc3c3cc4c5ccccc5n(-c5nc(-c6c([2H])c([2H])c([2H])c([2H])c6[2H])nc(-c6c([2H])c([2H])c([2H])c(-c7c([2H])c([2H])c([2H])c([2H])c7[2H])c6[2H])n5)c4cc32)c([2H])c(-c2c([2H])c([2H])c([2H])c([2H])c2[2H])c1[2H]. The number of benzene rings is 8. The van der Waals surface area contributed by atoms with Gasteiger partial charge in [0.25, 0.3) is 0 Å². The molecule has 11 rings (SSSR count). The first-order valence-corrected chi connectivity index (χ1v) is 17.1. The third-order valence-corrected chi connectivity index (χ3v) is 9.26. The van der Waals surface area contributed by atoms with Crippen LogP contribution in [-0.2, 0) is 0 Å². The summed E-state index contributed by atoms with van der Waals surface area (Å²) in [4.78, 5) is 14.0. The molecule has 0 amide bonds. The molecule has 0 unspecified atom stereocenters. The number of hydrogen-bond acceptors (Lipinski definition) is 3. The van der Waals surface area contributed by atoms with Crippen LogP contribution in [0.5, 0.6) is 0 Å². The smallest absolute Gasteiger partial charge is 0.238 e. The summed E-state index contributed by atoms with van der Waals surface area (Å²) >= 11 is 0. The van der Waals surface area contributed by atoms with E-state index in [4.69, 9.17) is 36.0 Å². The van der Waals surface area contributed by atoms with Crippen molar-refractivity contribution in [3.8, 4) is 56.7 Å². The molecule has 0 bridgehead atoms. The third-order valence-electron chi connectivity index (χ3n) is 9.26. The molecule has 0 radical (unpaired) electrons. The van der Waals surface area contributed by atoms with Gasteiger partial charge >= 0.3 is 0 Å². The van der Waals surface area contributed by atoms with Gasteiger partial charge in [-0.1, -0.05) is 157 Å². The number of fused-ring (bicyclic) bond motifs is 6. The second kappa shape index (κ2) is 13.0. The lowest BCUT2D eigenvalue weighted by Crippen LogP contribution is -2.06. The average molecular weight is 738 g/mol. The molecule has 8 aromatic carbocycles. The molecule has 0 spiro atoms. The highest BCUT2D eigenvalue weighted by Gasteiger charge is 2.21. The van der Waals surface area contributed by atoms with Gasteiger partial charge in [0.05, 0.1) is 52.2 Å². The summed E-state index contributed by atoms with van der Waals surface area (Å²) in [5.74, 6) is -1.54. The van der Waals surface area contributed by atoms with E-state index in [9.17, 15) is 4.11 Å². The van der Waals surface area contributed by atoms with Gasteiger partial charge in [0.15, 0.2) is 11.6 Å². The predicted molar refractivity (Wildman–Crippen MR) is 230 cm³/mol. The van der Waals surface area contributed by atoms with E-state index in [2.05, 4.69) is 4.98 Å². The van der Waals surface area contributed by atoms with Crippen molar-refractivity contribution in [2.75, 3.05) is 0 Å². The maximum atomic E-state index is 9.67. The molecular weight excluding hydrogens is 683 g/mol. The molecule has 0 saturated carbocycles. The van der Waals surface area contributed by atoms with Crippen LogP contribution in [0.25, 0.3) is 100 Å². The molecule has 3 aromatic heterocycles. The molecule has 0 fully saturated rings. The van der Waals surface area contributed by atoms with Gasteiger partial charge in [0.1, 0.15) is 0 Å². The van der Waals surface area contributed by atoms with Crippen LogP contribution < -0.4 is 0 Å². The molecule has 0 N–H and O–H groups in total. The van der Waals surface area contributed by atoms with Gasteiger partial charge in [-0.15, -0.1) is 0 Å². The summed E-state index contributed by atoms with van der Waals surface area (Å²) in [6.07, 6.45) is 0. The van der Waals surface area contributed by atoms with Crippen molar-refractivity contribution in [3.63, 3.8) is 0 Å². The Morgan fingerprint density at radius 1 is 0.357 bits per heavy atom. The topological polar surface area (TPSA) is 48.5 Å². The minimum Gasteiger partial charge on any atom is -0.309 e. The third kappa shape index (κ3) is 5.29. The second-order valence-corrected chi connectivity index (χ2v) is 12.4. The molecule has 0 aliphatic heterocycles. The van der Waals surface area contributed by atoms with Crippen LogP contribution in [0.4, 0.5) is 0 Å². The van der Waals surface area contributed by atoms with E-state index < -0.39 is 172 Å². The van der Waals surface area contributed by atoms with Crippen LogP contribution in [0.1, 0.15) is 30.2 Å². The van der Waals surface area contributed by atoms with E-state index in [1.807, 2.05) is 12.1 Å². The normalized spacial score (nSPS) is 17.1. The summed E-state index contributed by atoms with van der Waals surface area (Å²) in [5, 5.41) is 2.39. The number of rotatable bonds is 6. The van der Waals surface area contributed by atoms with E-state index in [1.165, 1.54) is 10.6 Å². The molecule has 11 aromatic rings. The van der Waals surface area contributed by atoms with E-state index in [0.717, 1.165) is 0 Å². The Morgan fingerprint density at radius 2 is 0.857 bits per heavy atom. The summed E-state index contributed by atoms with van der Waals surface area (Å²) < 4.78 is 196. The van der Waals surface area contributed by atoms with Gasteiger partial charge in [0.2, 0.25) is 5.95 Å². The van der Waals surface area contributed by atoms with Crippen LogP contribution in [-0.4, -0.2) is 24.1 Å². The maximum absolute atomic E-state index is 9.67. The monoisotopic (exact) mass is 737 g/mol. The molecule has 3 heterocycles. The summed E-state index contributed by atoms with van der Waals surface area (Å²) in [7, 11) is 0. The highest BCUT2D eigenvalue weighted by atomic mass is 15.2. The Kier molecular flexibility index (Phi) is 3.91. The van der Waals surface area contributed by atoms with Crippen LogP contribution in [0.3, 0.4) is 0 Å². The lowest BCUT2D eigenvalue weighted by atomic mass is 10.0. The molecule has 262 valence electrons. The summed E-state index contributed by atoms with van der Waals surface area (Å²) in [6, 6.07) is 2.84. The van der Waals surface area contributed by atoms with E-state index in [-0.39, 0.29) is 17.2 Å². The number of aromatic nitrogens is 5. The minimum atomic E-state index is -0.862. The lowest BCUT2D eigenvalue weighted by molar-refractivity contribution is 0.953. The molecule has 0 aliphatic carbocycles. The quantitative estimate of drug-likeness (QED) is 0.171. The summed E-state index contributed by atoms with van der Waals surface area (Å²) in [6.45, 7) is 0. The fraction of sp³-hybridized carbons (Fsp3) is 0. The molecule has 0 aliphatic rings. The van der Waals surface area contributed by atoms with Gasteiger partial charge in [-0.25, -0.2) is 4.98 Å². The molecule has 0 saturated heterocycles. The average Bonchev–Trinajstić information content (AvgIpc) is 4.01. The zero-order valence-electron chi connectivity index (χ0n) is 50.6. The van der Waals surface area contributed by atoms with Gasteiger partial charge in [-0.2, -0.15) is 9.97 Å². The van der Waals surface area contributed by atoms with Crippen LogP contribution in [0.2, 0.25) is 0 Å². The van der Waals surface area contributed by atoms with Crippen molar-refractivity contribution in [2.24, 2.45) is 0 Å². The standard InChI is InChI=1S/C51H33N5/c1-4-16-34(17-5-1)37-22-14-24-39(30-37)50-52-49(36-20-8-3-9-21-36)53-51(54-50)56-46-29-13-11-27-42(46)44-32-43-41-26-10-12-28-45(41)55(47(43)33-48(44)56)40-25-15-23-38(31-40)35-18-6-2-7-19-35/h1-33H/i1D,2D,3D,4D,5D,6D,7D,8D,9D,14D,15D,16D,17D,18D,19D,20D,21D,22D,23D,24D,30D,31D. The first kappa shape index (κ1) is 16.8. The first-order valence-electron chi connectivity index (χ1n) is 28.1. The van der Waals surface area contributed by atoms with Crippen LogP contribution >= 0.6 is 0 Å². The fourth-order valence-corrected chi connectivity index (χ4v) is 6.90. The predicted octanol–water partition coefficient (Wildman–Crippen LogP) is 12.7. The highest BCUT2D eigenvalue weighted by Crippen LogP contribution is 2.40. The zero-order chi connectivity index (χ0) is 56.1. The number of hydrogen-bond donors (Lipinski definition) is 0. The Morgan fingerprint density at radius 3 is 1.52 bits per heavy atom. The largest absolute Gasteiger partial charge is 0.309 e. The molecule has 5 heteroatoms. The summed E-state index contributed by atoms with van der Waals surface area (Å²) in [5.41, 5.74) is -1.71. The Hall–Kier alpha value is -7.63. The molecule has 0 atom stereocenters. The van der Waals surface area contributed by atoms with Crippen LogP contribution in [0.15, 0.2) is 200 Å². The fourth-order valence-electron chi connectivity index (χ4n) is 6.90. The van der Waals surface area contributed by atoms with Gasteiger partial charge in [-0.3, -0.25) is 4.57 Å². The lowest BCUT2D eigenvalue weighted by Gasteiger charge is -2.12. The molecule has 5 nitrogen and oxygen atoms in total. The Bertz CT molecular complexity index is 4460. The highest BCUT2D eigenvalue weighted by molar-refractivity contribution is 6.19. The van der Waals surface area contributed by atoms with Gasteiger partial charge < -0.3 is 4.57 Å². The van der Waals surface area contributed by atoms with Gasteiger partial charge in [0, 0.05) is 38.4 Å². The van der Waals surface area contributed by atoms with Crippen molar-refractivity contribution in [1.82, 2.24) is 24.1 Å². The Balaban J connectivity index is 1.28. The van der Waals surface area contributed by atoms with Crippen molar-refractivity contribution in [1.29, 1.82) is 0 Å². The van der Waals surface area contributed by atoms with E-state index >= 15 is 0 Å².